The van der Waals surface area contributed by atoms with Gasteiger partial charge in [-0.05, 0) is 24.3 Å². The van der Waals surface area contributed by atoms with E-state index in [9.17, 15) is 14.0 Å². The van der Waals surface area contributed by atoms with Crippen molar-refractivity contribution in [3.8, 4) is 11.3 Å². The molecule has 0 radical (unpaired) electrons. The zero-order valence-electron chi connectivity index (χ0n) is 12.0. The van der Waals surface area contributed by atoms with E-state index in [1.54, 1.807) is 12.1 Å². The number of hydrogen-bond donors (Lipinski definition) is 2. The van der Waals surface area contributed by atoms with Gasteiger partial charge in [0.25, 0.3) is 5.91 Å². The van der Waals surface area contributed by atoms with Gasteiger partial charge in [0.1, 0.15) is 5.82 Å². The summed E-state index contributed by atoms with van der Waals surface area (Å²) in [5.74, 6) is -1.82. The number of carboxylic acids is 1. The predicted molar refractivity (Wildman–Crippen MR) is 77.3 cm³/mol. The van der Waals surface area contributed by atoms with Crippen molar-refractivity contribution in [2.75, 3.05) is 19.7 Å². The number of amides is 1. The molecule has 1 aromatic heterocycles. The molecule has 2 N–H and O–H groups in total. The Morgan fingerprint density at radius 2 is 2.09 bits per heavy atom. The fourth-order valence-corrected chi connectivity index (χ4v) is 2.44. The molecule has 1 amide bonds. The summed E-state index contributed by atoms with van der Waals surface area (Å²) in [5.41, 5.74) is 1.39. The first-order valence-corrected chi connectivity index (χ1v) is 6.99. The van der Waals surface area contributed by atoms with Gasteiger partial charge in [0.15, 0.2) is 6.10 Å². The molecule has 0 saturated carbocycles. The second-order valence-electron chi connectivity index (χ2n) is 5.11. The molecule has 0 unspecified atom stereocenters. The molecule has 1 aliphatic heterocycles. The molecule has 1 saturated heterocycles. The highest BCUT2D eigenvalue weighted by atomic mass is 19.1. The number of carboxylic acid groups (broad SMARTS) is 1. The number of benzene rings is 1. The molecular formula is C15H14FN3O4. The van der Waals surface area contributed by atoms with Crippen LogP contribution in [0.4, 0.5) is 4.39 Å². The van der Waals surface area contributed by atoms with Crippen LogP contribution in [-0.2, 0) is 9.53 Å². The van der Waals surface area contributed by atoms with Gasteiger partial charge in [-0.25, -0.2) is 9.18 Å². The number of H-pyrrole nitrogens is 1. The minimum absolute atomic E-state index is 0.0256. The summed E-state index contributed by atoms with van der Waals surface area (Å²) in [6.07, 6.45) is 0.348. The van der Waals surface area contributed by atoms with Crippen molar-refractivity contribution in [1.29, 1.82) is 0 Å². The van der Waals surface area contributed by atoms with Crippen molar-refractivity contribution in [2.24, 2.45) is 0 Å². The lowest BCUT2D eigenvalue weighted by atomic mass is 10.1. The molecule has 120 valence electrons. The van der Waals surface area contributed by atoms with E-state index in [1.165, 1.54) is 23.2 Å². The van der Waals surface area contributed by atoms with Crippen LogP contribution in [0.5, 0.6) is 0 Å². The van der Waals surface area contributed by atoms with Crippen molar-refractivity contribution < 1.29 is 23.8 Å². The Bertz CT molecular complexity index is 729. The monoisotopic (exact) mass is 319 g/mol. The minimum atomic E-state index is -1.10. The summed E-state index contributed by atoms with van der Waals surface area (Å²) in [7, 11) is 0. The molecule has 0 bridgehead atoms. The quantitative estimate of drug-likeness (QED) is 0.884. The fourth-order valence-electron chi connectivity index (χ4n) is 2.44. The van der Waals surface area contributed by atoms with Crippen molar-refractivity contribution in [2.45, 2.75) is 6.10 Å². The van der Waals surface area contributed by atoms with Gasteiger partial charge in [-0.15, -0.1) is 0 Å². The van der Waals surface area contributed by atoms with Crippen LogP contribution in [0.3, 0.4) is 0 Å². The summed E-state index contributed by atoms with van der Waals surface area (Å²) in [6, 6.07) is 5.66. The Balaban J connectivity index is 1.85. The topological polar surface area (TPSA) is 95.5 Å². The highest BCUT2D eigenvalue weighted by molar-refractivity contribution is 6.00. The van der Waals surface area contributed by atoms with Gasteiger partial charge in [-0.1, -0.05) is 0 Å². The maximum Gasteiger partial charge on any atom is 0.334 e. The Labute approximate surface area is 130 Å². The second-order valence-corrected chi connectivity index (χ2v) is 5.11. The number of ether oxygens (including phenoxy) is 1. The Hall–Kier alpha value is -2.74. The number of aromatic nitrogens is 2. The molecule has 2 heterocycles. The highest BCUT2D eigenvalue weighted by Crippen LogP contribution is 2.23. The second kappa shape index (κ2) is 6.17. The number of rotatable bonds is 3. The lowest BCUT2D eigenvalue weighted by Crippen LogP contribution is -2.48. The minimum Gasteiger partial charge on any atom is -0.479 e. The third kappa shape index (κ3) is 3.07. The first-order chi connectivity index (χ1) is 11.1. The van der Waals surface area contributed by atoms with Crippen LogP contribution in [0.25, 0.3) is 11.3 Å². The van der Waals surface area contributed by atoms with Crippen LogP contribution in [0.2, 0.25) is 0 Å². The third-order valence-electron chi connectivity index (χ3n) is 3.63. The Kier molecular flexibility index (Phi) is 4.07. The predicted octanol–water partition coefficient (Wildman–Crippen LogP) is 1.14. The van der Waals surface area contributed by atoms with Gasteiger partial charge >= 0.3 is 5.97 Å². The molecule has 1 aromatic carbocycles. The summed E-state index contributed by atoms with van der Waals surface area (Å²) in [6.45, 7) is 0.436. The van der Waals surface area contributed by atoms with Gasteiger partial charge in [0, 0.05) is 12.1 Å². The van der Waals surface area contributed by atoms with Crippen LogP contribution in [0, 0.1) is 5.82 Å². The largest absolute Gasteiger partial charge is 0.479 e. The summed E-state index contributed by atoms with van der Waals surface area (Å²) < 4.78 is 18.1. The molecule has 1 aliphatic rings. The van der Waals surface area contributed by atoms with Crippen LogP contribution >= 0.6 is 0 Å². The number of carbonyl (C=O) groups excluding carboxylic acids is 1. The third-order valence-corrected chi connectivity index (χ3v) is 3.63. The molecule has 23 heavy (non-hydrogen) atoms. The number of hydrogen-bond acceptors (Lipinski definition) is 4. The first kappa shape index (κ1) is 15.2. The van der Waals surface area contributed by atoms with Crippen molar-refractivity contribution in [3.63, 3.8) is 0 Å². The van der Waals surface area contributed by atoms with E-state index in [2.05, 4.69) is 10.2 Å². The van der Waals surface area contributed by atoms with Gasteiger partial charge in [0.05, 0.1) is 30.6 Å². The summed E-state index contributed by atoms with van der Waals surface area (Å²) in [5, 5.41) is 15.6. The van der Waals surface area contributed by atoms with E-state index >= 15 is 0 Å². The van der Waals surface area contributed by atoms with E-state index in [1.807, 2.05) is 0 Å². The Morgan fingerprint density at radius 1 is 1.35 bits per heavy atom. The molecule has 0 aliphatic carbocycles. The number of aliphatic carboxylic acids is 1. The maximum atomic E-state index is 13.0. The van der Waals surface area contributed by atoms with E-state index in [0.29, 0.717) is 23.4 Å². The number of morpholine rings is 1. The zero-order valence-corrected chi connectivity index (χ0v) is 12.0. The van der Waals surface area contributed by atoms with Crippen molar-refractivity contribution >= 4 is 11.9 Å². The van der Waals surface area contributed by atoms with Crippen molar-refractivity contribution in [1.82, 2.24) is 15.1 Å². The maximum absolute atomic E-state index is 13.0. The van der Waals surface area contributed by atoms with Crippen LogP contribution in [0.15, 0.2) is 30.5 Å². The van der Waals surface area contributed by atoms with Gasteiger partial charge in [-0.2, -0.15) is 5.10 Å². The average molecular weight is 319 g/mol. The Morgan fingerprint density at radius 3 is 2.78 bits per heavy atom. The normalized spacial score (nSPS) is 18.0. The number of nitrogens with zero attached hydrogens (tertiary/aromatic N) is 2. The molecule has 1 atom stereocenters. The van der Waals surface area contributed by atoms with Crippen molar-refractivity contribution in [3.05, 3.63) is 41.8 Å². The standard InChI is InChI=1S/C15H14FN3O4/c16-10-3-1-9(2-4-10)13-11(7-17-18-13)14(20)19-5-6-23-12(8-19)15(21)22/h1-4,7,12H,5-6,8H2,(H,17,18)(H,21,22)/t12-/m1/s1. The molecule has 1 fully saturated rings. The molecule has 2 aromatic rings. The SMILES string of the molecule is O=C(O)[C@H]1CN(C(=O)c2cn[nH]c2-c2ccc(F)cc2)CCO1. The van der Waals surface area contributed by atoms with E-state index in [4.69, 9.17) is 9.84 Å². The molecule has 3 rings (SSSR count). The van der Waals surface area contributed by atoms with Gasteiger partial charge < -0.3 is 14.7 Å². The zero-order chi connectivity index (χ0) is 16.4. The van der Waals surface area contributed by atoms with E-state index in [0.717, 1.165) is 0 Å². The van der Waals surface area contributed by atoms with Gasteiger partial charge in [0.2, 0.25) is 0 Å². The lowest BCUT2D eigenvalue weighted by Gasteiger charge is -2.30. The van der Waals surface area contributed by atoms with Crippen LogP contribution < -0.4 is 0 Å². The smallest absolute Gasteiger partial charge is 0.334 e. The number of carbonyl (C=O) groups is 2. The summed E-state index contributed by atoms with van der Waals surface area (Å²) in [4.78, 5) is 25.1. The molecule has 7 nitrogen and oxygen atoms in total. The summed E-state index contributed by atoms with van der Waals surface area (Å²) >= 11 is 0. The first-order valence-electron chi connectivity index (χ1n) is 6.99. The van der Waals surface area contributed by atoms with Crippen LogP contribution in [-0.4, -0.2) is 57.9 Å². The van der Waals surface area contributed by atoms with Gasteiger partial charge in [-0.3, -0.25) is 9.89 Å². The fraction of sp³-hybridized carbons (Fsp3) is 0.267. The lowest BCUT2D eigenvalue weighted by molar-refractivity contribution is -0.154. The van der Waals surface area contributed by atoms with E-state index in [-0.39, 0.29) is 24.9 Å². The molecule has 0 spiro atoms. The molecule has 8 heteroatoms. The number of halogens is 1. The van der Waals surface area contributed by atoms with E-state index < -0.39 is 12.1 Å². The molecular weight excluding hydrogens is 305 g/mol. The number of aromatic amines is 1. The van der Waals surface area contributed by atoms with Crippen LogP contribution in [0.1, 0.15) is 10.4 Å². The average Bonchev–Trinajstić information content (AvgIpc) is 3.04. The highest BCUT2D eigenvalue weighted by Gasteiger charge is 2.31. The number of nitrogens with one attached hydrogen (secondary N) is 1.